The normalized spacial score (nSPS) is 10.5. The molecule has 0 aliphatic carbocycles. The highest BCUT2D eigenvalue weighted by molar-refractivity contribution is 6.09. The van der Waals surface area contributed by atoms with Gasteiger partial charge in [-0.1, -0.05) is 31.2 Å². The largest absolute Gasteiger partial charge is 0.288 e. The predicted molar refractivity (Wildman–Crippen MR) is 67.2 cm³/mol. The van der Waals surface area contributed by atoms with E-state index in [-0.39, 0.29) is 5.78 Å². The zero-order valence-corrected chi connectivity index (χ0v) is 10.4. The standard InChI is InChI=1S/C14H16N2O/c1-4-11-5-7-12(8-6-11)14(17)13-9-15-16(3)10(13)2/h5-9H,4H2,1-3H3. The summed E-state index contributed by atoms with van der Waals surface area (Å²) in [4.78, 5) is 12.2. The summed E-state index contributed by atoms with van der Waals surface area (Å²) in [5.41, 5.74) is 3.54. The Hall–Kier alpha value is -1.90. The van der Waals surface area contributed by atoms with Gasteiger partial charge in [0.25, 0.3) is 0 Å². The number of aryl methyl sites for hydroxylation is 2. The van der Waals surface area contributed by atoms with Crippen LogP contribution in [0.25, 0.3) is 0 Å². The Morgan fingerprint density at radius 2 is 1.94 bits per heavy atom. The molecule has 0 amide bonds. The lowest BCUT2D eigenvalue weighted by atomic mass is 10.0. The third kappa shape index (κ3) is 2.13. The first kappa shape index (κ1) is 11.6. The van der Waals surface area contributed by atoms with Crippen LogP contribution >= 0.6 is 0 Å². The second kappa shape index (κ2) is 4.53. The Balaban J connectivity index is 2.33. The van der Waals surface area contributed by atoms with Gasteiger partial charge in [-0.2, -0.15) is 5.10 Å². The van der Waals surface area contributed by atoms with Crippen LogP contribution in [0.4, 0.5) is 0 Å². The molecule has 1 aromatic carbocycles. The number of carbonyl (C=O) groups is 1. The minimum Gasteiger partial charge on any atom is -0.288 e. The topological polar surface area (TPSA) is 34.9 Å². The van der Waals surface area contributed by atoms with Gasteiger partial charge >= 0.3 is 0 Å². The van der Waals surface area contributed by atoms with Crippen molar-refractivity contribution in [3.8, 4) is 0 Å². The van der Waals surface area contributed by atoms with Gasteiger partial charge in [0.05, 0.1) is 11.8 Å². The molecule has 0 spiro atoms. The first-order valence-corrected chi connectivity index (χ1v) is 5.75. The second-order valence-corrected chi connectivity index (χ2v) is 4.15. The van der Waals surface area contributed by atoms with Crippen molar-refractivity contribution in [3.05, 3.63) is 52.8 Å². The third-order valence-corrected chi connectivity index (χ3v) is 3.10. The molecule has 0 fully saturated rings. The van der Waals surface area contributed by atoms with Gasteiger partial charge in [0.1, 0.15) is 0 Å². The van der Waals surface area contributed by atoms with E-state index in [1.54, 1.807) is 10.9 Å². The van der Waals surface area contributed by atoms with Crippen LogP contribution in [0.5, 0.6) is 0 Å². The fourth-order valence-electron chi connectivity index (χ4n) is 1.77. The number of hydrogen-bond acceptors (Lipinski definition) is 2. The second-order valence-electron chi connectivity index (χ2n) is 4.15. The Bertz CT molecular complexity index is 538. The zero-order chi connectivity index (χ0) is 12.4. The zero-order valence-electron chi connectivity index (χ0n) is 10.4. The SMILES string of the molecule is CCc1ccc(C(=O)c2cnn(C)c2C)cc1. The highest BCUT2D eigenvalue weighted by atomic mass is 16.1. The van der Waals surface area contributed by atoms with Crippen molar-refractivity contribution in [2.24, 2.45) is 7.05 Å². The molecule has 88 valence electrons. The molecule has 3 nitrogen and oxygen atoms in total. The highest BCUT2D eigenvalue weighted by Crippen LogP contribution is 2.14. The molecule has 0 N–H and O–H groups in total. The summed E-state index contributed by atoms with van der Waals surface area (Å²) >= 11 is 0. The first-order chi connectivity index (χ1) is 8.13. The maximum atomic E-state index is 12.2. The van der Waals surface area contributed by atoms with E-state index in [4.69, 9.17) is 0 Å². The quantitative estimate of drug-likeness (QED) is 0.757. The first-order valence-electron chi connectivity index (χ1n) is 5.75. The molecular formula is C14H16N2O. The van der Waals surface area contributed by atoms with Crippen molar-refractivity contribution in [2.45, 2.75) is 20.3 Å². The van der Waals surface area contributed by atoms with Gasteiger partial charge < -0.3 is 0 Å². The highest BCUT2D eigenvalue weighted by Gasteiger charge is 2.14. The van der Waals surface area contributed by atoms with Gasteiger partial charge in [0.15, 0.2) is 5.78 Å². The molecule has 0 unspecified atom stereocenters. The Labute approximate surface area is 101 Å². The lowest BCUT2D eigenvalue weighted by molar-refractivity contribution is 0.103. The molecule has 0 saturated heterocycles. The van der Waals surface area contributed by atoms with Crippen LogP contribution in [0.15, 0.2) is 30.5 Å². The van der Waals surface area contributed by atoms with Crippen LogP contribution in [-0.2, 0) is 13.5 Å². The molecular weight excluding hydrogens is 212 g/mol. The molecule has 0 atom stereocenters. The van der Waals surface area contributed by atoms with Crippen molar-refractivity contribution >= 4 is 5.78 Å². The monoisotopic (exact) mass is 228 g/mol. The summed E-state index contributed by atoms with van der Waals surface area (Å²) < 4.78 is 1.72. The number of carbonyl (C=O) groups excluding carboxylic acids is 1. The molecule has 0 saturated carbocycles. The summed E-state index contributed by atoms with van der Waals surface area (Å²) in [5, 5.41) is 4.09. The average molecular weight is 228 g/mol. The maximum Gasteiger partial charge on any atom is 0.196 e. The van der Waals surface area contributed by atoms with Crippen LogP contribution < -0.4 is 0 Å². The number of benzene rings is 1. The van der Waals surface area contributed by atoms with Crippen LogP contribution in [0.3, 0.4) is 0 Å². The van der Waals surface area contributed by atoms with Gasteiger partial charge in [-0.15, -0.1) is 0 Å². The molecule has 2 rings (SSSR count). The summed E-state index contributed by atoms with van der Waals surface area (Å²) in [6.45, 7) is 4.00. The van der Waals surface area contributed by atoms with Crippen molar-refractivity contribution in [1.82, 2.24) is 9.78 Å². The number of nitrogens with zero attached hydrogens (tertiary/aromatic N) is 2. The number of ketones is 1. The summed E-state index contributed by atoms with van der Waals surface area (Å²) in [7, 11) is 1.84. The lowest BCUT2D eigenvalue weighted by Crippen LogP contribution is -2.03. The van der Waals surface area contributed by atoms with Gasteiger partial charge in [-0.05, 0) is 18.9 Å². The van der Waals surface area contributed by atoms with E-state index in [2.05, 4.69) is 12.0 Å². The van der Waals surface area contributed by atoms with Gasteiger partial charge in [-0.3, -0.25) is 9.48 Å². The van der Waals surface area contributed by atoms with E-state index in [1.807, 2.05) is 38.2 Å². The Kier molecular flexibility index (Phi) is 3.09. The smallest absolute Gasteiger partial charge is 0.196 e. The molecule has 0 bridgehead atoms. The predicted octanol–water partition coefficient (Wildman–Crippen LogP) is 2.52. The van der Waals surface area contributed by atoms with Crippen LogP contribution in [0, 0.1) is 6.92 Å². The minimum atomic E-state index is 0.0400. The Morgan fingerprint density at radius 1 is 1.29 bits per heavy atom. The van der Waals surface area contributed by atoms with E-state index in [1.165, 1.54) is 5.56 Å². The van der Waals surface area contributed by atoms with Crippen LogP contribution in [0.2, 0.25) is 0 Å². The van der Waals surface area contributed by atoms with Crippen molar-refractivity contribution in [1.29, 1.82) is 0 Å². The summed E-state index contributed by atoms with van der Waals surface area (Å²) in [6.07, 6.45) is 2.62. The molecule has 2 aromatic rings. The van der Waals surface area contributed by atoms with Crippen molar-refractivity contribution < 1.29 is 4.79 Å². The maximum absolute atomic E-state index is 12.2. The van der Waals surface area contributed by atoms with E-state index >= 15 is 0 Å². The van der Waals surface area contributed by atoms with Crippen molar-refractivity contribution in [3.63, 3.8) is 0 Å². The lowest BCUT2D eigenvalue weighted by Gasteiger charge is -2.02. The van der Waals surface area contributed by atoms with E-state index in [0.717, 1.165) is 17.7 Å². The molecule has 1 aromatic heterocycles. The van der Waals surface area contributed by atoms with Crippen molar-refractivity contribution in [2.75, 3.05) is 0 Å². The van der Waals surface area contributed by atoms with E-state index in [0.29, 0.717) is 5.56 Å². The average Bonchev–Trinajstić information content (AvgIpc) is 2.69. The summed E-state index contributed by atoms with van der Waals surface area (Å²) in [6, 6.07) is 7.76. The number of rotatable bonds is 3. The fraction of sp³-hybridized carbons (Fsp3) is 0.286. The van der Waals surface area contributed by atoms with Crippen LogP contribution in [-0.4, -0.2) is 15.6 Å². The molecule has 0 radical (unpaired) electrons. The fourth-order valence-corrected chi connectivity index (χ4v) is 1.77. The molecule has 0 aliphatic heterocycles. The minimum absolute atomic E-state index is 0.0400. The Morgan fingerprint density at radius 3 is 2.41 bits per heavy atom. The number of hydrogen-bond donors (Lipinski definition) is 0. The van der Waals surface area contributed by atoms with Gasteiger partial charge in [-0.25, -0.2) is 0 Å². The molecule has 0 aliphatic rings. The third-order valence-electron chi connectivity index (χ3n) is 3.10. The van der Waals surface area contributed by atoms with E-state index in [9.17, 15) is 4.79 Å². The number of aromatic nitrogens is 2. The molecule has 17 heavy (non-hydrogen) atoms. The van der Waals surface area contributed by atoms with Crippen LogP contribution in [0.1, 0.15) is 34.1 Å². The van der Waals surface area contributed by atoms with E-state index < -0.39 is 0 Å². The van der Waals surface area contributed by atoms with Gasteiger partial charge in [0.2, 0.25) is 0 Å². The van der Waals surface area contributed by atoms with Gasteiger partial charge in [0, 0.05) is 18.3 Å². The summed E-state index contributed by atoms with van der Waals surface area (Å²) in [5.74, 6) is 0.0400. The molecule has 1 heterocycles. The molecule has 3 heteroatoms.